The lowest BCUT2D eigenvalue weighted by molar-refractivity contribution is -0.127. The van der Waals surface area contributed by atoms with Crippen molar-refractivity contribution in [1.82, 2.24) is 0 Å². The second-order valence-electron chi connectivity index (χ2n) is 15.6. The number of anilines is 4. The fraction of sp³-hybridized carbons (Fsp3) is 0.280. The minimum Gasteiger partial charge on any atom is -0.491 e. The molecule has 5 rings (SSSR count). The lowest BCUT2D eigenvalue weighted by Gasteiger charge is -2.17. The van der Waals surface area contributed by atoms with E-state index in [1.54, 1.807) is 71.0 Å². The second-order valence-corrected chi connectivity index (χ2v) is 18.4. The Balaban J connectivity index is 1.29. The SMILES string of the molecule is CCOc1c(NC(=O)c2cc(N=NC(C(C)=O)C(=O)Nc3ccc(NC(=O)C(N=Nc4ccc(Cl)c(C(=O)Nc5cccc(C(C)Cl)c5OCC)c4)C(C)=O)c(C(C)Cl)c3)ccc2Cl)cccc1C(C)Cl. The predicted molar refractivity (Wildman–Crippen MR) is 279 cm³/mol. The molecule has 4 amide bonds. The number of nitrogens with zero attached hydrogens (tertiary/aromatic N) is 4. The summed E-state index contributed by atoms with van der Waals surface area (Å²) in [6, 6.07) is 19.9. The number of carbonyl (C=O) groups excluding carboxylic acids is 6. The number of halogens is 5. The number of amides is 4. The molecule has 0 aliphatic heterocycles. The number of hydrogen-bond donors (Lipinski definition) is 4. The van der Waals surface area contributed by atoms with Crippen LogP contribution in [0.15, 0.2) is 111 Å². The normalized spacial score (nSPS) is 13.4. The summed E-state index contributed by atoms with van der Waals surface area (Å²) in [4.78, 5) is 79.5. The number of carbonyl (C=O) groups is 6. The highest BCUT2D eigenvalue weighted by Gasteiger charge is 2.27. The van der Waals surface area contributed by atoms with Crippen molar-refractivity contribution in [2.45, 2.75) is 76.7 Å². The Hall–Kier alpha value is -6.43. The highest BCUT2D eigenvalue weighted by Crippen LogP contribution is 2.38. The van der Waals surface area contributed by atoms with Crippen LogP contribution in [0.4, 0.5) is 34.1 Å². The monoisotopic (exact) mass is 1060 g/mol. The Morgan fingerprint density at radius 3 is 1.34 bits per heavy atom. The van der Waals surface area contributed by atoms with E-state index in [4.69, 9.17) is 67.5 Å². The van der Waals surface area contributed by atoms with Gasteiger partial charge in [0.1, 0.15) is 11.5 Å². The maximum atomic E-state index is 13.6. The van der Waals surface area contributed by atoms with Crippen LogP contribution in [0, 0.1) is 0 Å². The van der Waals surface area contributed by atoms with Gasteiger partial charge in [0.2, 0.25) is 12.1 Å². The van der Waals surface area contributed by atoms with Crippen LogP contribution in [-0.2, 0) is 19.2 Å². The summed E-state index contributed by atoms with van der Waals surface area (Å²) in [6.45, 7) is 11.7. The van der Waals surface area contributed by atoms with Gasteiger partial charge in [0.15, 0.2) is 11.6 Å². The summed E-state index contributed by atoms with van der Waals surface area (Å²) in [7, 11) is 0. The Morgan fingerprint density at radius 1 is 0.521 bits per heavy atom. The Kier molecular flexibility index (Phi) is 20.0. The molecule has 0 radical (unpaired) electrons. The summed E-state index contributed by atoms with van der Waals surface area (Å²) in [5.41, 5.74) is 3.08. The summed E-state index contributed by atoms with van der Waals surface area (Å²) >= 11 is 32.1. The van der Waals surface area contributed by atoms with Crippen molar-refractivity contribution in [1.29, 1.82) is 0 Å². The Morgan fingerprint density at radius 2 is 0.944 bits per heavy atom. The molecule has 0 spiro atoms. The lowest BCUT2D eigenvalue weighted by Crippen LogP contribution is -2.32. The molecular formula is C50H49Cl5N8O8. The van der Waals surface area contributed by atoms with Gasteiger partial charge in [0.25, 0.3) is 23.6 Å². The number of Topliss-reactive ketones (excluding diaryl/α,β-unsaturated/α-hetero) is 2. The average Bonchev–Trinajstić information content (AvgIpc) is 3.31. The van der Waals surface area contributed by atoms with Crippen LogP contribution in [0.1, 0.15) is 102 Å². The first kappa shape index (κ1) is 55.5. The minimum atomic E-state index is -1.63. The second kappa shape index (κ2) is 25.6. The van der Waals surface area contributed by atoms with Gasteiger partial charge in [-0.1, -0.05) is 47.5 Å². The van der Waals surface area contributed by atoms with E-state index in [2.05, 4.69) is 41.7 Å². The molecular weight excluding hydrogens is 1020 g/mol. The van der Waals surface area contributed by atoms with Crippen LogP contribution in [0.5, 0.6) is 11.5 Å². The molecule has 5 unspecified atom stereocenters. The number of nitrogens with one attached hydrogen (secondary N) is 4. The van der Waals surface area contributed by atoms with Crippen LogP contribution < -0.4 is 30.7 Å². The number of rotatable bonds is 21. The van der Waals surface area contributed by atoms with Crippen molar-refractivity contribution in [2.24, 2.45) is 20.5 Å². The number of para-hydroxylation sites is 2. The smallest absolute Gasteiger partial charge is 0.258 e. The van der Waals surface area contributed by atoms with Crippen molar-refractivity contribution in [2.75, 3.05) is 34.5 Å². The highest BCUT2D eigenvalue weighted by atomic mass is 35.5. The van der Waals surface area contributed by atoms with E-state index < -0.39 is 63.4 Å². The van der Waals surface area contributed by atoms with E-state index >= 15 is 0 Å². The molecule has 21 heteroatoms. The lowest BCUT2D eigenvalue weighted by atomic mass is 10.1. The van der Waals surface area contributed by atoms with Gasteiger partial charge in [-0.05, 0) is 121 Å². The van der Waals surface area contributed by atoms with E-state index in [0.29, 0.717) is 52.8 Å². The minimum absolute atomic E-state index is 0.0271. The molecule has 5 aromatic rings. The Bertz CT molecular complexity index is 2890. The zero-order valence-corrected chi connectivity index (χ0v) is 43.2. The van der Waals surface area contributed by atoms with Crippen molar-refractivity contribution in [3.8, 4) is 11.5 Å². The highest BCUT2D eigenvalue weighted by molar-refractivity contribution is 6.35. The maximum Gasteiger partial charge on any atom is 0.258 e. The van der Waals surface area contributed by atoms with Crippen LogP contribution in [-0.4, -0.2) is 60.5 Å². The number of hydrogen-bond acceptors (Lipinski definition) is 12. The molecule has 0 saturated heterocycles. The number of benzene rings is 5. The maximum absolute atomic E-state index is 13.6. The van der Waals surface area contributed by atoms with Crippen molar-refractivity contribution in [3.63, 3.8) is 0 Å². The molecule has 71 heavy (non-hydrogen) atoms. The summed E-state index contributed by atoms with van der Waals surface area (Å²) in [5.74, 6) is -3.36. The van der Waals surface area contributed by atoms with Gasteiger partial charge in [0, 0.05) is 22.5 Å². The van der Waals surface area contributed by atoms with Gasteiger partial charge in [-0.15, -0.1) is 34.8 Å². The third kappa shape index (κ3) is 14.6. The molecule has 16 nitrogen and oxygen atoms in total. The van der Waals surface area contributed by atoms with Crippen molar-refractivity contribution in [3.05, 3.63) is 129 Å². The zero-order valence-electron chi connectivity index (χ0n) is 39.4. The summed E-state index contributed by atoms with van der Waals surface area (Å²) < 4.78 is 11.6. The molecule has 0 heterocycles. The van der Waals surface area contributed by atoms with E-state index in [-0.39, 0.29) is 43.9 Å². The molecule has 0 aliphatic carbocycles. The van der Waals surface area contributed by atoms with E-state index in [9.17, 15) is 28.8 Å². The molecule has 5 aromatic carbocycles. The quantitative estimate of drug-likeness (QED) is 0.0314. The molecule has 0 saturated carbocycles. The summed E-state index contributed by atoms with van der Waals surface area (Å²) in [6.07, 6.45) is 0. The fourth-order valence-corrected chi connectivity index (χ4v) is 7.73. The molecule has 0 bridgehead atoms. The van der Waals surface area contributed by atoms with Crippen LogP contribution in [0.3, 0.4) is 0 Å². The number of ether oxygens (including phenoxy) is 2. The topological polar surface area (TPSA) is 218 Å². The summed E-state index contributed by atoms with van der Waals surface area (Å²) in [5, 5.41) is 25.7. The molecule has 0 aliphatic rings. The zero-order chi connectivity index (χ0) is 52.1. The molecule has 0 fully saturated rings. The number of ketones is 2. The van der Waals surface area contributed by atoms with Crippen LogP contribution >= 0.6 is 58.0 Å². The first-order chi connectivity index (χ1) is 33.7. The Labute approximate surface area is 435 Å². The van der Waals surface area contributed by atoms with E-state index in [1.807, 2.05) is 0 Å². The number of azo groups is 2. The van der Waals surface area contributed by atoms with Crippen LogP contribution in [0.2, 0.25) is 10.0 Å². The first-order valence-corrected chi connectivity index (χ1v) is 24.0. The van der Waals surface area contributed by atoms with Gasteiger partial charge in [-0.2, -0.15) is 20.5 Å². The molecule has 4 N–H and O–H groups in total. The van der Waals surface area contributed by atoms with Gasteiger partial charge < -0.3 is 30.7 Å². The predicted octanol–water partition coefficient (Wildman–Crippen LogP) is 13.6. The molecule has 5 atom stereocenters. The third-order valence-electron chi connectivity index (χ3n) is 10.3. The molecule has 0 aromatic heterocycles. The largest absolute Gasteiger partial charge is 0.491 e. The number of alkyl halides is 3. The van der Waals surface area contributed by atoms with Gasteiger partial charge in [-0.25, -0.2) is 0 Å². The van der Waals surface area contributed by atoms with Crippen LogP contribution in [0.25, 0.3) is 0 Å². The van der Waals surface area contributed by atoms with Crippen molar-refractivity contribution >= 4 is 127 Å². The molecule has 372 valence electrons. The van der Waals surface area contributed by atoms with Gasteiger partial charge >= 0.3 is 0 Å². The fourth-order valence-electron chi connectivity index (χ4n) is 6.80. The standard InChI is InChI=1S/C50H49Cl5N8O8/c1-8-70-45-33(25(3)51)12-10-14-41(45)58-47(66)36-23-31(16-19-38(36)54)60-62-43(28(6)64)49(68)56-30-18-21-40(35(22-30)27(5)53)57-50(69)44(29(7)65)63-61-32-17-20-39(55)37(24-32)48(67)59-42-15-11-13-34(26(4)52)46(42)71-9-2/h10-27,43-44H,8-9H2,1-7H3,(H,56,68)(H,57,69)(H,58,66)(H,59,67). The van der Waals surface area contributed by atoms with E-state index in [1.165, 1.54) is 54.6 Å². The van der Waals surface area contributed by atoms with Crippen molar-refractivity contribution < 1.29 is 38.2 Å². The van der Waals surface area contributed by atoms with Gasteiger partial charge in [-0.3, -0.25) is 28.8 Å². The first-order valence-electron chi connectivity index (χ1n) is 22.0. The average molecular weight is 1070 g/mol. The van der Waals surface area contributed by atoms with E-state index in [0.717, 1.165) is 13.8 Å². The van der Waals surface area contributed by atoms with Gasteiger partial charge in [0.05, 0.1) is 73.3 Å². The third-order valence-corrected chi connectivity index (χ3v) is 11.6.